The van der Waals surface area contributed by atoms with Gasteiger partial charge in [-0.15, -0.1) is 0 Å². The number of nitrogens with one attached hydrogen (secondary N) is 2. The van der Waals surface area contributed by atoms with Crippen molar-refractivity contribution in [1.29, 1.82) is 0 Å². The molecule has 3 rings (SSSR count). The quantitative estimate of drug-likeness (QED) is 0.747. The molecule has 1 aliphatic heterocycles. The maximum absolute atomic E-state index is 12.4. The number of piperidine rings is 1. The number of sulfonamides is 1. The molecule has 136 valence electrons. The second-order valence-corrected chi connectivity index (χ2v) is 8.25. The Morgan fingerprint density at radius 2 is 2.08 bits per heavy atom. The minimum Gasteiger partial charge on any atom is -0.474 e. The Morgan fingerprint density at radius 3 is 2.68 bits per heavy atom. The van der Waals surface area contributed by atoms with Gasteiger partial charge < -0.3 is 4.74 Å². The van der Waals surface area contributed by atoms with Crippen LogP contribution in [0.4, 0.5) is 0 Å². The lowest BCUT2D eigenvalue weighted by Crippen LogP contribution is -2.43. The van der Waals surface area contributed by atoms with Crippen molar-refractivity contribution in [1.82, 2.24) is 24.5 Å². The van der Waals surface area contributed by atoms with Gasteiger partial charge in [0.15, 0.2) is 0 Å². The largest absolute Gasteiger partial charge is 0.474 e. The highest BCUT2D eigenvalue weighted by Gasteiger charge is 2.29. The maximum atomic E-state index is 12.4. The zero-order chi connectivity index (χ0) is 17.9. The summed E-state index contributed by atoms with van der Waals surface area (Å²) in [5.41, 5.74) is -0.443. The van der Waals surface area contributed by atoms with E-state index >= 15 is 0 Å². The van der Waals surface area contributed by atoms with E-state index in [9.17, 15) is 13.2 Å². The SMILES string of the molecule is O=c1[nH]nc(CCS(=O)(=O)N2CCC(Oc3ccc(Cl)cn3)CC2)[nH]1. The van der Waals surface area contributed by atoms with Gasteiger partial charge in [0, 0.05) is 31.8 Å². The summed E-state index contributed by atoms with van der Waals surface area (Å²) in [6.45, 7) is 0.773. The molecular weight excluding hydrogens is 370 g/mol. The smallest absolute Gasteiger partial charge is 0.340 e. The molecule has 0 amide bonds. The molecule has 25 heavy (non-hydrogen) atoms. The monoisotopic (exact) mass is 387 g/mol. The fraction of sp³-hybridized carbons (Fsp3) is 0.500. The van der Waals surface area contributed by atoms with Crippen LogP contribution in [0.25, 0.3) is 0 Å². The van der Waals surface area contributed by atoms with Crippen LogP contribution in [0, 0.1) is 0 Å². The standard InChI is InChI=1S/C14H18ClN5O4S/c15-10-1-2-13(16-9-10)24-11-3-6-20(7-4-11)25(22,23)8-5-12-17-14(21)19-18-12/h1-2,9,11H,3-8H2,(H2,17,18,19,21). The van der Waals surface area contributed by atoms with Gasteiger partial charge in [-0.3, -0.25) is 4.98 Å². The summed E-state index contributed by atoms with van der Waals surface area (Å²) in [4.78, 5) is 17.5. The third kappa shape index (κ3) is 4.80. The zero-order valence-corrected chi connectivity index (χ0v) is 14.9. The number of aryl methyl sites for hydroxylation is 1. The van der Waals surface area contributed by atoms with E-state index in [0.29, 0.717) is 42.7 Å². The van der Waals surface area contributed by atoms with Gasteiger partial charge in [0.25, 0.3) is 0 Å². The summed E-state index contributed by atoms with van der Waals surface area (Å²) >= 11 is 5.78. The number of hydrogen-bond donors (Lipinski definition) is 2. The normalized spacial score (nSPS) is 16.8. The lowest BCUT2D eigenvalue weighted by atomic mass is 10.1. The molecule has 1 fully saturated rings. The summed E-state index contributed by atoms with van der Waals surface area (Å²) < 4.78 is 32.0. The summed E-state index contributed by atoms with van der Waals surface area (Å²) in [6, 6.07) is 3.39. The molecule has 0 atom stereocenters. The molecule has 0 aliphatic carbocycles. The molecule has 9 nitrogen and oxygen atoms in total. The Morgan fingerprint density at radius 1 is 1.32 bits per heavy atom. The highest BCUT2D eigenvalue weighted by molar-refractivity contribution is 7.89. The molecule has 1 aliphatic rings. The van der Waals surface area contributed by atoms with E-state index in [1.807, 2.05) is 0 Å². The maximum Gasteiger partial charge on any atom is 0.340 e. The predicted octanol–water partition coefficient (Wildman–Crippen LogP) is 0.562. The molecule has 0 radical (unpaired) electrons. The van der Waals surface area contributed by atoms with E-state index in [2.05, 4.69) is 20.2 Å². The highest BCUT2D eigenvalue weighted by Crippen LogP contribution is 2.20. The lowest BCUT2D eigenvalue weighted by Gasteiger charge is -2.31. The first kappa shape index (κ1) is 17.9. The number of hydrogen-bond acceptors (Lipinski definition) is 6. The summed E-state index contributed by atoms with van der Waals surface area (Å²) in [7, 11) is -3.41. The Kier molecular flexibility index (Phi) is 5.40. The molecule has 0 aromatic carbocycles. The molecule has 11 heteroatoms. The van der Waals surface area contributed by atoms with Crippen LogP contribution >= 0.6 is 11.6 Å². The molecular formula is C14H18ClN5O4S. The first-order valence-electron chi connectivity index (χ1n) is 7.82. The van der Waals surface area contributed by atoms with Gasteiger partial charge >= 0.3 is 5.69 Å². The first-order chi connectivity index (χ1) is 11.9. The number of aromatic amines is 2. The lowest BCUT2D eigenvalue weighted by molar-refractivity contribution is 0.130. The van der Waals surface area contributed by atoms with Crippen LogP contribution in [0.2, 0.25) is 5.02 Å². The molecule has 2 aromatic rings. The van der Waals surface area contributed by atoms with E-state index in [4.69, 9.17) is 16.3 Å². The van der Waals surface area contributed by atoms with Crippen LogP contribution in [-0.2, 0) is 16.4 Å². The van der Waals surface area contributed by atoms with Crippen molar-refractivity contribution in [2.75, 3.05) is 18.8 Å². The average molecular weight is 388 g/mol. The van der Waals surface area contributed by atoms with Gasteiger partial charge in [0.1, 0.15) is 11.9 Å². The molecule has 3 heterocycles. The number of ether oxygens (including phenoxy) is 1. The van der Waals surface area contributed by atoms with Crippen LogP contribution in [0.5, 0.6) is 5.88 Å². The Labute approximate surface area is 149 Å². The van der Waals surface area contributed by atoms with Crippen LogP contribution in [0.1, 0.15) is 18.7 Å². The zero-order valence-electron chi connectivity index (χ0n) is 13.3. The predicted molar refractivity (Wildman–Crippen MR) is 91.2 cm³/mol. The Bertz CT molecular complexity index is 856. The number of pyridine rings is 1. The van der Waals surface area contributed by atoms with Gasteiger partial charge in [-0.25, -0.2) is 27.6 Å². The van der Waals surface area contributed by atoms with Crippen molar-refractivity contribution in [3.05, 3.63) is 39.7 Å². The number of H-pyrrole nitrogens is 2. The fourth-order valence-electron chi connectivity index (χ4n) is 2.61. The summed E-state index contributed by atoms with van der Waals surface area (Å²) in [5.74, 6) is 0.715. The number of nitrogens with zero attached hydrogens (tertiary/aromatic N) is 3. The van der Waals surface area contributed by atoms with E-state index in [1.54, 1.807) is 12.1 Å². The molecule has 0 bridgehead atoms. The van der Waals surface area contributed by atoms with Gasteiger partial charge in [0.05, 0.1) is 10.8 Å². The van der Waals surface area contributed by atoms with E-state index in [-0.39, 0.29) is 18.3 Å². The van der Waals surface area contributed by atoms with Crippen LogP contribution < -0.4 is 10.4 Å². The van der Waals surface area contributed by atoms with Crippen LogP contribution in [0.15, 0.2) is 23.1 Å². The minimum absolute atomic E-state index is 0.0807. The first-order valence-corrected chi connectivity index (χ1v) is 9.81. The van der Waals surface area contributed by atoms with Crippen LogP contribution in [0.3, 0.4) is 0 Å². The van der Waals surface area contributed by atoms with Gasteiger partial charge in [-0.1, -0.05) is 11.6 Å². The van der Waals surface area contributed by atoms with Crippen molar-refractivity contribution in [2.24, 2.45) is 0 Å². The van der Waals surface area contributed by atoms with E-state index in [0.717, 1.165) is 0 Å². The van der Waals surface area contributed by atoms with Gasteiger partial charge in [-0.05, 0) is 18.9 Å². The second kappa shape index (κ2) is 7.54. The molecule has 0 unspecified atom stereocenters. The molecule has 0 saturated carbocycles. The van der Waals surface area contributed by atoms with E-state index < -0.39 is 15.7 Å². The summed E-state index contributed by atoms with van der Waals surface area (Å²) in [6.07, 6.45) is 2.76. The van der Waals surface area contributed by atoms with Crippen molar-refractivity contribution >= 4 is 21.6 Å². The number of aromatic nitrogens is 4. The Balaban J connectivity index is 1.50. The molecule has 0 spiro atoms. The van der Waals surface area contributed by atoms with Crippen molar-refractivity contribution in [3.63, 3.8) is 0 Å². The molecule has 2 N–H and O–H groups in total. The highest BCUT2D eigenvalue weighted by atomic mass is 35.5. The second-order valence-electron chi connectivity index (χ2n) is 5.72. The van der Waals surface area contributed by atoms with Crippen LogP contribution in [-0.4, -0.2) is 57.8 Å². The third-order valence-electron chi connectivity index (χ3n) is 3.93. The van der Waals surface area contributed by atoms with Crippen molar-refractivity contribution < 1.29 is 13.2 Å². The molecule has 2 aromatic heterocycles. The minimum atomic E-state index is -3.41. The van der Waals surface area contributed by atoms with Gasteiger partial charge in [-0.2, -0.15) is 5.10 Å². The molecule has 1 saturated heterocycles. The third-order valence-corrected chi connectivity index (χ3v) is 6.02. The Hall–Kier alpha value is -1.91. The fourth-order valence-corrected chi connectivity index (χ4v) is 4.20. The van der Waals surface area contributed by atoms with Gasteiger partial charge in [0.2, 0.25) is 15.9 Å². The van der Waals surface area contributed by atoms with Crippen molar-refractivity contribution in [2.45, 2.75) is 25.4 Å². The number of halogens is 1. The topological polar surface area (TPSA) is 121 Å². The average Bonchev–Trinajstić information content (AvgIpc) is 3.01. The van der Waals surface area contributed by atoms with Crippen molar-refractivity contribution in [3.8, 4) is 5.88 Å². The number of rotatable bonds is 6. The van der Waals surface area contributed by atoms with E-state index in [1.165, 1.54) is 10.5 Å². The summed E-state index contributed by atoms with van der Waals surface area (Å²) in [5, 5.41) is 6.47.